The number of aliphatic hydroxyl groups excluding tert-OH is 1. The third-order valence-electron chi connectivity index (χ3n) is 7.83. The van der Waals surface area contributed by atoms with E-state index < -0.39 is 66.4 Å². The van der Waals surface area contributed by atoms with Crippen LogP contribution in [0.4, 0.5) is 0 Å². The summed E-state index contributed by atoms with van der Waals surface area (Å²) >= 11 is 0. The number of carboxylic acid groups (broad SMARTS) is 1. The molecule has 1 aliphatic rings. The molecule has 5 atom stereocenters. The molecule has 1 fully saturated rings. The summed E-state index contributed by atoms with van der Waals surface area (Å²) in [4.78, 5) is 68.4. The zero-order chi connectivity index (χ0) is 32.7. The molecule has 240 valence electrons. The SMILES string of the molecule is C[C@H](NC(=O)[C@@H](N)Cc1ccc(O)cc1)C(=O)N1CCC[C@H]1C(=O)N[C@@H](CO)C(=O)N[C@@H](Cc1c[nH]c2ccccc12)C(=O)O. The number of hydrogen-bond acceptors (Lipinski definition) is 8. The highest BCUT2D eigenvalue weighted by atomic mass is 16.4. The summed E-state index contributed by atoms with van der Waals surface area (Å²) in [6.07, 6.45) is 2.58. The van der Waals surface area contributed by atoms with Gasteiger partial charge in [0, 0.05) is 30.1 Å². The van der Waals surface area contributed by atoms with Gasteiger partial charge in [-0.1, -0.05) is 30.3 Å². The molecule has 4 rings (SSSR count). The van der Waals surface area contributed by atoms with Crippen LogP contribution >= 0.6 is 0 Å². The number of amides is 4. The summed E-state index contributed by atoms with van der Waals surface area (Å²) in [5, 5.41) is 37.3. The van der Waals surface area contributed by atoms with Crippen molar-refractivity contribution in [1.29, 1.82) is 0 Å². The molecule has 0 bridgehead atoms. The Hall–Kier alpha value is -4.95. The van der Waals surface area contributed by atoms with E-state index in [1.165, 1.54) is 24.0 Å². The lowest BCUT2D eigenvalue weighted by molar-refractivity contribution is -0.143. The lowest BCUT2D eigenvalue weighted by Crippen LogP contribution is -2.58. The molecule has 0 radical (unpaired) electrons. The molecule has 2 heterocycles. The summed E-state index contributed by atoms with van der Waals surface area (Å²) in [5.41, 5.74) is 8.22. The van der Waals surface area contributed by atoms with Gasteiger partial charge in [-0.25, -0.2) is 4.79 Å². The van der Waals surface area contributed by atoms with Crippen LogP contribution < -0.4 is 21.7 Å². The van der Waals surface area contributed by atoms with E-state index >= 15 is 0 Å². The Kier molecular flexibility index (Phi) is 10.8. The normalized spacial score (nSPS) is 17.2. The zero-order valence-corrected chi connectivity index (χ0v) is 24.7. The smallest absolute Gasteiger partial charge is 0.326 e. The third-order valence-corrected chi connectivity index (χ3v) is 7.83. The van der Waals surface area contributed by atoms with Crippen LogP contribution in [0.25, 0.3) is 10.9 Å². The Labute approximate surface area is 259 Å². The van der Waals surface area contributed by atoms with E-state index in [1.807, 2.05) is 24.3 Å². The number of carbonyl (C=O) groups excluding carboxylic acids is 4. The molecule has 0 saturated carbocycles. The summed E-state index contributed by atoms with van der Waals surface area (Å²) in [6.45, 7) is 0.909. The number of benzene rings is 2. The minimum atomic E-state index is -1.46. The molecule has 1 saturated heterocycles. The van der Waals surface area contributed by atoms with Gasteiger partial charge in [0.25, 0.3) is 0 Å². The molecule has 14 heteroatoms. The minimum Gasteiger partial charge on any atom is -0.508 e. The Bertz CT molecular complexity index is 1540. The van der Waals surface area contributed by atoms with E-state index in [4.69, 9.17) is 5.73 Å². The molecule has 4 amide bonds. The fraction of sp³-hybridized carbons (Fsp3) is 0.387. The first kappa shape index (κ1) is 33.0. The summed E-state index contributed by atoms with van der Waals surface area (Å²) in [6, 6.07) is 7.80. The van der Waals surface area contributed by atoms with Crippen molar-refractivity contribution in [2.45, 2.75) is 62.8 Å². The minimum absolute atomic E-state index is 0.0374. The van der Waals surface area contributed by atoms with Crippen molar-refractivity contribution in [3.05, 3.63) is 65.9 Å². The first-order valence-corrected chi connectivity index (χ1v) is 14.6. The van der Waals surface area contributed by atoms with Crippen LogP contribution in [0.5, 0.6) is 5.75 Å². The number of hydrogen-bond donors (Lipinski definition) is 8. The quantitative estimate of drug-likeness (QED) is 0.123. The number of aromatic hydroxyl groups is 1. The van der Waals surface area contributed by atoms with Crippen molar-refractivity contribution in [1.82, 2.24) is 25.8 Å². The van der Waals surface area contributed by atoms with Gasteiger partial charge in [-0.2, -0.15) is 0 Å². The highest BCUT2D eigenvalue weighted by Crippen LogP contribution is 2.20. The molecular formula is C31H38N6O8. The van der Waals surface area contributed by atoms with Gasteiger partial charge >= 0.3 is 5.97 Å². The maximum atomic E-state index is 13.2. The largest absolute Gasteiger partial charge is 0.508 e. The van der Waals surface area contributed by atoms with Crippen molar-refractivity contribution in [3.8, 4) is 5.75 Å². The number of H-pyrrole nitrogens is 1. The average molecular weight is 623 g/mol. The number of nitrogens with one attached hydrogen (secondary N) is 4. The van der Waals surface area contributed by atoms with Crippen LogP contribution in [0.2, 0.25) is 0 Å². The van der Waals surface area contributed by atoms with E-state index in [0.717, 1.165) is 16.5 Å². The number of para-hydroxylation sites is 1. The topological polar surface area (TPSA) is 227 Å². The van der Waals surface area contributed by atoms with Crippen LogP contribution in [0.3, 0.4) is 0 Å². The molecular weight excluding hydrogens is 584 g/mol. The fourth-order valence-corrected chi connectivity index (χ4v) is 5.37. The molecule has 2 aromatic carbocycles. The van der Waals surface area contributed by atoms with Crippen LogP contribution in [-0.4, -0.2) is 98.2 Å². The number of carbonyl (C=O) groups is 5. The number of rotatable bonds is 13. The lowest BCUT2D eigenvalue weighted by Gasteiger charge is -2.29. The van der Waals surface area contributed by atoms with Crippen molar-refractivity contribution in [2.24, 2.45) is 5.73 Å². The van der Waals surface area contributed by atoms with Gasteiger partial charge in [0.15, 0.2) is 0 Å². The lowest BCUT2D eigenvalue weighted by atomic mass is 10.0. The van der Waals surface area contributed by atoms with Gasteiger partial charge in [-0.05, 0) is 55.5 Å². The van der Waals surface area contributed by atoms with Crippen LogP contribution in [0.15, 0.2) is 54.7 Å². The zero-order valence-electron chi connectivity index (χ0n) is 24.7. The second-order valence-corrected chi connectivity index (χ2v) is 11.1. The van der Waals surface area contributed by atoms with Gasteiger partial charge in [0.2, 0.25) is 23.6 Å². The fourth-order valence-electron chi connectivity index (χ4n) is 5.37. The number of aromatic nitrogens is 1. The predicted molar refractivity (Wildman–Crippen MR) is 163 cm³/mol. The van der Waals surface area contributed by atoms with Crippen LogP contribution in [-0.2, 0) is 36.8 Å². The number of likely N-dealkylation sites (tertiary alicyclic amines) is 1. The molecule has 0 unspecified atom stereocenters. The second-order valence-electron chi connectivity index (χ2n) is 11.1. The van der Waals surface area contributed by atoms with Crippen LogP contribution in [0, 0.1) is 0 Å². The van der Waals surface area contributed by atoms with Crippen molar-refractivity contribution >= 4 is 40.5 Å². The number of nitrogens with zero attached hydrogens (tertiary/aromatic N) is 1. The number of aromatic amines is 1. The molecule has 45 heavy (non-hydrogen) atoms. The number of phenolic OH excluding ortho intramolecular Hbond substituents is 1. The highest BCUT2D eigenvalue weighted by Gasteiger charge is 2.38. The Balaban J connectivity index is 1.33. The standard InChI is InChI=1S/C31H38N6O8/c1-17(34-27(40)22(32)13-18-8-10-20(39)11-9-18)30(43)37-12-4-7-26(37)29(42)36-25(16-38)28(41)35-24(31(44)45)14-19-15-33-23-6-3-2-5-21(19)23/h2-3,5-6,8-11,15,17,22,24-26,33,38-39H,4,7,12-14,16,32H2,1H3,(H,34,40)(H,35,41)(H,36,42)(H,44,45)/t17-,22-,24-,25-,26-/m0/s1. The van der Waals surface area contributed by atoms with E-state index in [0.29, 0.717) is 12.0 Å². The summed E-state index contributed by atoms with van der Waals surface area (Å²) < 4.78 is 0. The molecule has 0 aliphatic carbocycles. The first-order valence-electron chi connectivity index (χ1n) is 14.6. The van der Waals surface area contributed by atoms with Gasteiger partial charge in [0.05, 0.1) is 12.6 Å². The van der Waals surface area contributed by atoms with E-state index in [-0.39, 0.29) is 31.6 Å². The van der Waals surface area contributed by atoms with E-state index in [1.54, 1.807) is 18.3 Å². The first-order chi connectivity index (χ1) is 21.5. The number of fused-ring (bicyclic) bond motifs is 1. The molecule has 0 spiro atoms. The van der Waals surface area contributed by atoms with Gasteiger partial charge in [-0.3, -0.25) is 19.2 Å². The molecule has 9 N–H and O–H groups in total. The number of aliphatic hydroxyl groups is 1. The van der Waals surface area contributed by atoms with Gasteiger partial charge in [-0.15, -0.1) is 0 Å². The Morgan fingerprint density at radius 2 is 1.69 bits per heavy atom. The average Bonchev–Trinajstić information content (AvgIpc) is 3.68. The molecule has 1 aliphatic heterocycles. The van der Waals surface area contributed by atoms with Crippen molar-refractivity contribution in [2.75, 3.05) is 13.2 Å². The number of phenols is 1. The molecule has 14 nitrogen and oxygen atoms in total. The summed E-state index contributed by atoms with van der Waals surface area (Å²) in [5.74, 6) is -3.88. The van der Waals surface area contributed by atoms with E-state index in [2.05, 4.69) is 20.9 Å². The molecule has 3 aromatic rings. The third kappa shape index (κ3) is 8.16. The maximum absolute atomic E-state index is 13.2. The number of nitrogens with two attached hydrogens (primary N) is 1. The maximum Gasteiger partial charge on any atom is 0.326 e. The van der Waals surface area contributed by atoms with Crippen molar-refractivity contribution < 1.29 is 39.3 Å². The van der Waals surface area contributed by atoms with Crippen molar-refractivity contribution in [3.63, 3.8) is 0 Å². The second kappa shape index (κ2) is 14.7. The van der Waals surface area contributed by atoms with E-state index in [9.17, 15) is 39.3 Å². The van der Waals surface area contributed by atoms with Crippen LogP contribution in [0.1, 0.15) is 30.9 Å². The Morgan fingerprint density at radius 1 is 0.978 bits per heavy atom. The summed E-state index contributed by atoms with van der Waals surface area (Å²) in [7, 11) is 0. The predicted octanol–water partition coefficient (Wildman–Crippen LogP) is -0.472. The monoisotopic (exact) mass is 622 g/mol. The van der Waals surface area contributed by atoms with Gasteiger partial charge in [0.1, 0.15) is 29.9 Å². The number of carboxylic acids is 1. The van der Waals surface area contributed by atoms with Gasteiger partial charge < -0.3 is 46.9 Å². The molecule has 1 aromatic heterocycles. The highest BCUT2D eigenvalue weighted by molar-refractivity contribution is 5.96. The Morgan fingerprint density at radius 3 is 2.38 bits per heavy atom. The number of aliphatic carboxylic acids is 1.